The molecule has 0 aliphatic heterocycles. The number of carbonyl (C=O) groups is 1. The van der Waals surface area contributed by atoms with Crippen LogP contribution in [0, 0.1) is 11.7 Å². The van der Waals surface area contributed by atoms with Gasteiger partial charge in [-0.1, -0.05) is 13.0 Å². The maximum atomic E-state index is 13.6. The summed E-state index contributed by atoms with van der Waals surface area (Å²) < 4.78 is 13.6. The third-order valence-corrected chi connectivity index (χ3v) is 2.66. The molecule has 1 heterocycles. The van der Waals surface area contributed by atoms with E-state index in [0.717, 1.165) is 0 Å². The van der Waals surface area contributed by atoms with Gasteiger partial charge >= 0.3 is 5.97 Å². The van der Waals surface area contributed by atoms with E-state index in [1.165, 1.54) is 19.1 Å². The van der Waals surface area contributed by atoms with Crippen LogP contribution in [0.5, 0.6) is 0 Å². The third kappa shape index (κ3) is 2.22. The molecule has 0 bridgehead atoms. The van der Waals surface area contributed by atoms with Crippen molar-refractivity contribution in [2.24, 2.45) is 5.92 Å². The lowest BCUT2D eigenvalue weighted by molar-refractivity contribution is -0.141. The zero-order valence-electron chi connectivity index (χ0n) is 9.72. The second kappa shape index (κ2) is 4.56. The van der Waals surface area contributed by atoms with Gasteiger partial charge in [0.25, 0.3) is 0 Å². The zero-order chi connectivity index (χ0) is 13.3. The zero-order valence-corrected chi connectivity index (χ0v) is 9.72. The number of nitrogen functional groups attached to an aromatic ring is 1. The Balaban J connectivity index is 2.48. The number of halogens is 1. The minimum Gasteiger partial charge on any atom is -0.481 e. The van der Waals surface area contributed by atoms with Gasteiger partial charge in [0.15, 0.2) is 0 Å². The van der Waals surface area contributed by atoms with E-state index < -0.39 is 17.7 Å². The van der Waals surface area contributed by atoms with Crippen LogP contribution in [0.4, 0.5) is 10.2 Å². The van der Waals surface area contributed by atoms with Crippen LogP contribution in [0.2, 0.25) is 0 Å². The van der Waals surface area contributed by atoms with E-state index in [1.807, 2.05) is 0 Å². The third-order valence-electron chi connectivity index (χ3n) is 2.66. The summed E-state index contributed by atoms with van der Waals surface area (Å²) in [5.41, 5.74) is 5.84. The smallest absolute Gasteiger partial charge is 0.306 e. The Morgan fingerprint density at radius 2 is 2.22 bits per heavy atom. The first-order valence-corrected chi connectivity index (χ1v) is 5.42. The molecule has 2 rings (SSSR count). The number of benzene rings is 1. The highest BCUT2D eigenvalue weighted by Gasteiger charge is 2.15. The van der Waals surface area contributed by atoms with Gasteiger partial charge in [0.2, 0.25) is 0 Å². The molecule has 0 saturated heterocycles. The second-order valence-electron chi connectivity index (χ2n) is 4.10. The van der Waals surface area contributed by atoms with E-state index in [1.54, 1.807) is 6.07 Å². The van der Waals surface area contributed by atoms with Crippen molar-refractivity contribution in [3.05, 3.63) is 29.8 Å². The molecule has 0 amide bonds. The minimum atomic E-state index is -0.953. The predicted molar refractivity (Wildman–Crippen MR) is 64.4 cm³/mol. The molecule has 1 aromatic carbocycles. The molecule has 0 aliphatic rings. The van der Waals surface area contributed by atoms with Gasteiger partial charge in [-0.25, -0.2) is 14.4 Å². The number of rotatable bonds is 3. The van der Waals surface area contributed by atoms with Crippen LogP contribution in [-0.4, -0.2) is 21.0 Å². The Morgan fingerprint density at radius 1 is 1.50 bits per heavy atom. The predicted octanol–water partition coefficient (Wildman–Crippen LogP) is 1.61. The Bertz CT molecular complexity index is 616. The fourth-order valence-corrected chi connectivity index (χ4v) is 1.64. The van der Waals surface area contributed by atoms with Crippen LogP contribution in [0.1, 0.15) is 12.7 Å². The van der Waals surface area contributed by atoms with E-state index in [-0.39, 0.29) is 23.6 Å². The van der Waals surface area contributed by atoms with Crippen LogP contribution in [-0.2, 0) is 11.2 Å². The van der Waals surface area contributed by atoms with Crippen molar-refractivity contribution in [1.29, 1.82) is 0 Å². The normalized spacial score (nSPS) is 12.6. The molecule has 1 aromatic heterocycles. The highest BCUT2D eigenvalue weighted by molar-refractivity contribution is 5.88. The first-order chi connectivity index (χ1) is 8.49. The number of aromatic nitrogens is 2. The quantitative estimate of drug-likeness (QED) is 0.862. The number of hydrogen-bond acceptors (Lipinski definition) is 4. The van der Waals surface area contributed by atoms with E-state index in [2.05, 4.69) is 9.97 Å². The molecule has 5 nitrogen and oxygen atoms in total. The van der Waals surface area contributed by atoms with Crippen LogP contribution in [0.3, 0.4) is 0 Å². The summed E-state index contributed by atoms with van der Waals surface area (Å²) in [6, 6.07) is 4.42. The number of hydrogen-bond donors (Lipinski definition) is 2. The lowest BCUT2D eigenvalue weighted by atomic mass is 10.1. The average Bonchev–Trinajstić information content (AvgIpc) is 2.30. The van der Waals surface area contributed by atoms with E-state index in [9.17, 15) is 9.18 Å². The number of fused-ring (bicyclic) bond motifs is 1. The fraction of sp³-hybridized carbons (Fsp3) is 0.250. The molecule has 18 heavy (non-hydrogen) atoms. The maximum Gasteiger partial charge on any atom is 0.306 e. The van der Waals surface area contributed by atoms with Crippen molar-refractivity contribution in [2.75, 3.05) is 5.73 Å². The molecule has 2 aromatic rings. The highest BCUT2D eigenvalue weighted by atomic mass is 19.1. The van der Waals surface area contributed by atoms with Crippen molar-refractivity contribution in [2.45, 2.75) is 13.3 Å². The van der Waals surface area contributed by atoms with Gasteiger partial charge in [0.1, 0.15) is 23.0 Å². The van der Waals surface area contributed by atoms with Crippen molar-refractivity contribution in [3.8, 4) is 0 Å². The second-order valence-corrected chi connectivity index (χ2v) is 4.10. The summed E-state index contributed by atoms with van der Waals surface area (Å²) in [7, 11) is 0. The first kappa shape index (κ1) is 12.2. The number of para-hydroxylation sites is 1. The van der Waals surface area contributed by atoms with Gasteiger partial charge in [-0.2, -0.15) is 0 Å². The summed E-state index contributed by atoms with van der Waals surface area (Å²) in [5, 5.41) is 9.25. The Hall–Kier alpha value is -2.24. The van der Waals surface area contributed by atoms with Crippen LogP contribution in [0.25, 0.3) is 10.9 Å². The summed E-state index contributed by atoms with van der Waals surface area (Å²) in [6.45, 7) is 1.54. The molecule has 0 aliphatic carbocycles. The average molecular weight is 249 g/mol. The molecule has 1 atom stereocenters. The first-order valence-electron chi connectivity index (χ1n) is 5.42. The molecule has 0 saturated carbocycles. The largest absolute Gasteiger partial charge is 0.481 e. The van der Waals surface area contributed by atoms with Gasteiger partial charge in [-0.3, -0.25) is 4.79 Å². The molecule has 3 N–H and O–H groups in total. The molecule has 0 radical (unpaired) electrons. The summed E-state index contributed by atoms with van der Waals surface area (Å²) >= 11 is 0. The Morgan fingerprint density at radius 3 is 2.89 bits per heavy atom. The number of carboxylic acids is 1. The molecule has 0 fully saturated rings. The molecular weight excluding hydrogens is 237 g/mol. The van der Waals surface area contributed by atoms with E-state index in [0.29, 0.717) is 5.39 Å². The molecule has 6 heteroatoms. The highest BCUT2D eigenvalue weighted by Crippen LogP contribution is 2.21. The van der Waals surface area contributed by atoms with Gasteiger partial charge in [0.05, 0.1) is 5.92 Å². The Kier molecular flexibility index (Phi) is 3.10. The molecule has 94 valence electrons. The van der Waals surface area contributed by atoms with Gasteiger partial charge in [0, 0.05) is 11.8 Å². The number of carboxylic acid groups (broad SMARTS) is 1. The molecule has 0 spiro atoms. The number of anilines is 1. The molecular formula is C12H12FN3O2. The van der Waals surface area contributed by atoms with E-state index >= 15 is 0 Å². The van der Waals surface area contributed by atoms with E-state index in [4.69, 9.17) is 10.8 Å². The SMILES string of the molecule is CC(Cc1nc(N)c2cccc(F)c2n1)C(=O)O. The van der Waals surface area contributed by atoms with Crippen molar-refractivity contribution >= 4 is 22.7 Å². The fourth-order valence-electron chi connectivity index (χ4n) is 1.64. The maximum absolute atomic E-state index is 13.6. The van der Waals surface area contributed by atoms with Crippen LogP contribution < -0.4 is 5.73 Å². The van der Waals surface area contributed by atoms with Crippen molar-refractivity contribution in [3.63, 3.8) is 0 Å². The lowest BCUT2D eigenvalue weighted by Gasteiger charge is -2.08. The van der Waals surface area contributed by atoms with Crippen LogP contribution in [0.15, 0.2) is 18.2 Å². The van der Waals surface area contributed by atoms with Crippen molar-refractivity contribution < 1.29 is 14.3 Å². The summed E-state index contributed by atoms with van der Waals surface area (Å²) in [5.74, 6) is -1.70. The van der Waals surface area contributed by atoms with Gasteiger partial charge in [-0.15, -0.1) is 0 Å². The monoisotopic (exact) mass is 249 g/mol. The van der Waals surface area contributed by atoms with Crippen molar-refractivity contribution in [1.82, 2.24) is 9.97 Å². The Labute approximate surface area is 102 Å². The summed E-state index contributed by atoms with van der Waals surface area (Å²) in [4.78, 5) is 18.8. The molecule has 1 unspecified atom stereocenters. The topological polar surface area (TPSA) is 89.1 Å². The number of nitrogens with zero attached hydrogens (tertiary/aromatic N) is 2. The number of aliphatic carboxylic acids is 1. The van der Waals surface area contributed by atoms with Gasteiger partial charge < -0.3 is 10.8 Å². The van der Waals surface area contributed by atoms with Crippen LogP contribution >= 0.6 is 0 Å². The minimum absolute atomic E-state index is 0.115. The number of nitrogens with two attached hydrogens (primary N) is 1. The van der Waals surface area contributed by atoms with Gasteiger partial charge in [-0.05, 0) is 12.1 Å². The summed E-state index contributed by atoms with van der Waals surface area (Å²) in [6.07, 6.45) is 0.115. The standard InChI is InChI=1S/C12H12FN3O2/c1-6(12(17)18)5-9-15-10-7(11(14)16-9)3-2-4-8(10)13/h2-4,6H,5H2,1H3,(H,17,18)(H2,14,15,16). The lowest BCUT2D eigenvalue weighted by Crippen LogP contribution is -2.15.